The molecule has 3 nitrogen and oxygen atoms in total. The van der Waals surface area contributed by atoms with E-state index in [1.807, 2.05) is 31.2 Å². The minimum Gasteiger partial charge on any atom is -0.497 e. The fourth-order valence-electron chi connectivity index (χ4n) is 2.85. The van der Waals surface area contributed by atoms with Crippen molar-refractivity contribution in [2.24, 2.45) is 0 Å². The Labute approximate surface area is 114 Å². The van der Waals surface area contributed by atoms with Crippen molar-refractivity contribution >= 4 is 5.78 Å². The van der Waals surface area contributed by atoms with Crippen LogP contribution in [0.15, 0.2) is 24.3 Å². The van der Waals surface area contributed by atoms with Crippen LogP contribution in [0.5, 0.6) is 5.75 Å². The van der Waals surface area contributed by atoms with Gasteiger partial charge in [0, 0.05) is 13.0 Å². The number of rotatable bonds is 6. The molecule has 1 aromatic carbocycles. The van der Waals surface area contributed by atoms with Crippen molar-refractivity contribution in [3.05, 3.63) is 29.8 Å². The molecule has 0 aromatic heterocycles. The van der Waals surface area contributed by atoms with Crippen LogP contribution in [-0.4, -0.2) is 25.1 Å². The molecule has 1 aliphatic carbocycles. The maximum absolute atomic E-state index is 12.6. The predicted molar refractivity (Wildman–Crippen MR) is 74.5 cm³/mol. The number of carbonyl (C=O) groups excluding carboxylic acids is 1. The highest BCUT2D eigenvalue weighted by molar-refractivity contribution is 5.89. The SMILES string of the molecule is CCOC1(C(=O)Cc2cccc(OC)c2)CCCC1. The molecule has 104 valence electrons. The number of carbonyl (C=O) groups is 1. The third-order valence-electron chi connectivity index (χ3n) is 3.84. The van der Waals surface area contributed by atoms with Crippen LogP contribution in [0.25, 0.3) is 0 Å². The lowest BCUT2D eigenvalue weighted by Gasteiger charge is -2.27. The summed E-state index contributed by atoms with van der Waals surface area (Å²) in [6.45, 7) is 2.56. The highest BCUT2D eigenvalue weighted by Crippen LogP contribution is 2.35. The largest absolute Gasteiger partial charge is 0.497 e. The average molecular weight is 262 g/mol. The number of ether oxygens (including phenoxy) is 2. The Morgan fingerprint density at radius 3 is 2.68 bits per heavy atom. The summed E-state index contributed by atoms with van der Waals surface area (Å²) in [6.07, 6.45) is 4.33. The summed E-state index contributed by atoms with van der Waals surface area (Å²) in [6, 6.07) is 7.70. The molecule has 0 spiro atoms. The second-order valence-electron chi connectivity index (χ2n) is 5.09. The van der Waals surface area contributed by atoms with E-state index in [1.165, 1.54) is 0 Å². The minimum absolute atomic E-state index is 0.208. The maximum atomic E-state index is 12.6. The molecule has 0 saturated heterocycles. The van der Waals surface area contributed by atoms with Gasteiger partial charge in [-0.1, -0.05) is 12.1 Å². The molecule has 0 N–H and O–H groups in total. The topological polar surface area (TPSA) is 35.5 Å². The molecule has 0 radical (unpaired) electrons. The van der Waals surface area contributed by atoms with E-state index in [1.54, 1.807) is 7.11 Å². The third kappa shape index (κ3) is 3.16. The highest BCUT2D eigenvalue weighted by Gasteiger charge is 2.41. The van der Waals surface area contributed by atoms with E-state index >= 15 is 0 Å². The second kappa shape index (κ2) is 6.20. The van der Waals surface area contributed by atoms with Crippen molar-refractivity contribution in [1.29, 1.82) is 0 Å². The van der Waals surface area contributed by atoms with Gasteiger partial charge < -0.3 is 9.47 Å². The standard InChI is InChI=1S/C16H22O3/c1-3-19-16(9-4-5-10-16)15(17)12-13-7-6-8-14(11-13)18-2/h6-8,11H,3-5,9-10,12H2,1-2H3. The van der Waals surface area contributed by atoms with Gasteiger partial charge >= 0.3 is 0 Å². The summed E-state index contributed by atoms with van der Waals surface area (Å²) in [5.41, 5.74) is 0.466. The van der Waals surface area contributed by atoms with E-state index < -0.39 is 5.60 Å². The van der Waals surface area contributed by atoms with Crippen molar-refractivity contribution in [3.63, 3.8) is 0 Å². The average Bonchev–Trinajstić information content (AvgIpc) is 2.89. The van der Waals surface area contributed by atoms with Crippen LogP contribution in [0.3, 0.4) is 0 Å². The fourth-order valence-corrected chi connectivity index (χ4v) is 2.85. The molecule has 0 unspecified atom stereocenters. The van der Waals surface area contributed by atoms with E-state index in [9.17, 15) is 4.79 Å². The first-order valence-corrected chi connectivity index (χ1v) is 7.00. The smallest absolute Gasteiger partial charge is 0.168 e. The van der Waals surface area contributed by atoms with Gasteiger partial charge in [-0.15, -0.1) is 0 Å². The molecule has 0 bridgehead atoms. The lowest BCUT2D eigenvalue weighted by molar-refractivity contribution is -0.142. The highest BCUT2D eigenvalue weighted by atomic mass is 16.5. The monoisotopic (exact) mass is 262 g/mol. The molecular weight excluding hydrogens is 240 g/mol. The molecule has 1 aliphatic rings. The zero-order chi connectivity index (χ0) is 13.7. The van der Waals surface area contributed by atoms with Crippen molar-refractivity contribution in [2.75, 3.05) is 13.7 Å². The molecule has 0 aliphatic heterocycles. The van der Waals surface area contributed by atoms with Crippen LogP contribution in [0.2, 0.25) is 0 Å². The lowest BCUT2D eigenvalue weighted by Crippen LogP contribution is -2.40. The van der Waals surface area contributed by atoms with E-state index in [-0.39, 0.29) is 5.78 Å². The summed E-state index contributed by atoms with van der Waals surface area (Å²) in [5, 5.41) is 0. The van der Waals surface area contributed by atoms with Crippen molar-refractivity contribution in [2.45, 2.75) is 44.6 Å². The van der Waals surface area contributed by atoms with Crippen LogP contribution in [0.4, 0.5) is 0 Å². The van der Waals surface area contributed by atoms with Crippen molar-refractivity contribution in [3.8, 4) is 5.75 Å². The molecular formula is C16H22O3. The number of Topliss-reactive ketones (excluding diaryl/α,β-unsaturated/α-hetero) is 1. The normalized spacial score (nSPS) is 17.4. The Morgan fingerprint density at radius 1 is 1.32 bits per heavy atom. The van der Waals surface area contributed by atoms with Gasteiger partial charge in [0.05, 0.1) is 7.11 Å². The Balaban J connectivity index is 2.10. The van der Waals surface area contributed by atoms with Gasteiger partial charge in [0.25, 0.3) is 0 Å². The zero-order valence-electron chi connectivity index (χ0n) is 11.8. The van der Waals surface area contributed by atoms with E-state index in [2.05, 4.69) is 0 Å². The first kappa shape index (κ1) is 14.1. The molecule has 1 fully saturated rings. The summed E-state index contributed by atoms with van der Waals surface area (Å²) >= 11 is 0. The van der Waals surface area contributed by atoms with E-state index in [0.717, 1.165) is 37.0 Å². The van der Waals surface area contributed by atoms with Crippen LogP contribution < -0.4 is 4.74 Å². The number of benzene rings is 1. The van der Waals surface area contributed by atoms with Gasteiger partial charge in [0.1, 0.15) is 11.4 Å². The van der Waals surface area contributed by atoms with E-state index in [4.69, 9.17) is 9.47 Å². The van der Waals surface area contributed by atoms with Crippen LogP contribution in [0, 0.1) is 0 Å². The quantitative estimate of drug-likeness (QED) is 0.790. The summed E-state index contributed by atoms with van der Waals surface area (Å²) in [4.78, 5) is 12.6. The molecule has 0 amide bonds. The number of ketones is 1. The zero-order valence-corrected chi connectivity index (χ0v) is 11.8. The summed E-state index contributed by atoms with van der Waals surface area (Å²) < 4.78 is 11.0. The third-order valence-corrected chi connectivity index (χ3v) is 3.84. The fraction of sp³-hybridized carbons (Fsp3) is 0.562. The molecule has 3 heteroatoms. The first-order chi connectivity index (χ1) is 9.20. The van der Waals surface area contributed by atoms with Gasteiger partial charge in [-0.25, -0.2) is 0 Å². The maximum Gasteiger partial charge on any atom is 0.168 e. The van der Waals surface area contributed by atoms with Crippen molar-refractivity contribution < 1.29 is 14.3 Å². The van der Waals surface area contributed by atoms with Gasteiger partial charge in [0.2, 0.25) is 0 Å². The number of hydrogen-bond acceptors (Lipinski definition) is 3. The summed E-state index contributed by atoms with van der Waals surface area (Å²) in [7, 11) is 1.64. The van der Waals surface area contributed by atoms with Crippen molar-refractivity contribution in [1.82, 2.24) is 0 Å². The minimum atomic E-state index is -0.530. The molecule has 19 heavy (non-hydrogen) atoms. The molecule has 0 heterocycles. The Bertz CT molecular complexity index is 433. The Morgan fingerprint density at radius 2 is 2.05 bits per heavy atom. The molecule has 1 aromatic rings. The van der Waals surface area contributed by atoms with Gasteiger partial charge in [-0.2, -0.15) is 0 Å². The van der Waals surface area contributed by atoms with Gasteiger partial charge in [0.15, 0.2) is 5.78 Å². The lowest BCUT2D eigenvalue weighted by atomic mass is 9.91. The van der Waals surface area contributed by atoms with Crippen LogP contribution in [0.1, 0.15) is 38.2 Å². The Kier molecular flexibility index (Phi) is 4.59. The second-order valence-corrected chi connectivity index (χ2v) is 5.09. The first-order valence-electron chi connectivity index (χ1n) is 7.00. The van der Waals surface area contributed by atoms with E-state index in [0.29, 0.717) is 13.0 Å². The van der Waals surface area contributed by atoms with Gasteiger partial charge in [-0.3, -0.25) is 4.79 Å². The number of methoxy groups -OCH3 is 1. The Hall–Kier alpha value is -1.35. The molecule has 1 saturated carbocycles. The predicted octanol–water partition coefficient (Wildman–Crippen LogP) is 3.16. The number of hydrogen-bond donors (Lipinski definition) is 0. The van der Waals surface area contributed by atoms with Crippen LogP contribution >= 0.6 is 0 Å². The molecule has 2 rings (SSSR count). The summed E-state index contributed by atoms with van der Waals surface area (Å²) in [5.74, 6) is 1.00. The van der Waals surface area contributed by atoms with Gasteiger partial charge in [-0.05, 0) is 50.3 Å². The molecule has 0 atom stereocenters. The van der Waals surface area contributed by atoms with Crippen LogP contribution in [-0.2, 0) is 16.0 Å².